The minimum Gasteiger partial charge on any atom is -0.261 e. The normalized spacial score (nSPS) is 9.25. The quantitative estimate of drug-likeness (QED) is 0.140. The molecule has 336 valence electrons. The van der Waals surface area contributed by atoms with E-state index in [1.54, 1.807) is 24.8 Å². The Hall–Kier alpha value is -7.36. The molecule has 0 radical (unpaired) electrons. The van der Waals surface area contributed by atoms with Crippen molar-refractivity contribution in [1.82, 2.24) is 80.4 Å². The highest BCUT2D eigenvalue weighted by Crippen LogP contribution is 1.96. The molecule has 8 heterocycles. The van der Waals surface area contributed by atoms with Crippen LogP contribution >= 0.6 is 0 Å². The van der Waals surface area contributed by atoms with Gasteiger partial charge in [0.05, 0.1) is 46.6 Å². The number of aryl methyl sites for hydroxylation is 16. The van der Waals surface area contributed by atoms with Gasteiger partial charge in [-0.25, -0.2) is 29.9 Å². The molecule has 64 heavy (non-hydrogen) atoms. The first-order chi connectivity index (χ1) is 30.3. The molecule has 0 aliphatic carbocycles. The van der Waals surface area contributed by atoms with Crippen molar-refractivity contribution in [2.45, 2.75) is 111 Å². The van der Waals surface area contributed by atoms with Crippen LogP contribution in [0.1, 0.15) is 91.1 Å². The van der Waals surface area contributed by atoms with E-state index in [0.29, 0.717) is 0 Å². The minimum atomic E-state index is 0.718. The van der Waals surface area contributed by atoms with Crippen molar-refractivity contribution in [3.63, 3.8) is 0 Å². The molecule has 0 spiro atoms. The largest absolute Gasteiger partial charge is 0.261 e. The summed E-state index contributed by atoms with van der Waals surface area (Å²) in [5, 5.41) is 22.6. The molecule has 0 aromatic carbocycles. The summed E-state index contributed by atoms with van der Waals surface area (Å²) < 4.78 is 0. The number of pyridine rings is 2. The standard InChI is InChI=1S/2C7H9N.4C6H8N2.2C5H7N3/c2*1-6-3-4-7(2)8-5-6;1-5-3-8-6(2)4-7-5;2*1-5-3-7-6(2)8-4-5;1-5-3-4-6(2)8-7-5;2*1-4-3-6-5(2)8-7-4/h2*3-5H,1-2H3;4*3-4H,1-2H3;2*3H,1-2H3. The van der Waals surface area contributed by atoms with Gasteiger partial charge in [0.1, 0.15) is 23.3 Å². The molecule has 8 rings (SSSR count). The predicted molar refractivity (Wildman–Crippen MR) is 252 cm³/mol. The molecular weight excluding hydrogens is 801 g/mol. The average Bonchev–Trinajstić information content (AvgIpc) is 3.28. The van der Waals surface area contributed by atoms with Crippen molar-refractivity contribution in [3.8, 4) is 0 Å². The molecule has 16 heteroatoms. The predicted octanol–water partition coefficient (Wildman–Crippen LogP) is 8.75. The molecule has 16 nitrogen and oxygen atoms in total. The summed E-state index contributed by atoms with van der Waals surface area (Å²) in [6, 6.07) is 12.0. The lowest BCUT2D eigenvalue weighted by Crippen LogP contribution is -1.91. The first-order valence-corrected chi connectivity index (χ1v) is 20.4. The number of rotatable bonds is 0. The first-order valence-electron chi connectivity index (χ1n) is 20.4. The van der Waals surface area contributed by atoms with Crippen LogP contribution in [0.2, 0.25) is 0 Å². The molecule has 0 fully saturated rings. The summed E-state index contributed by atoms with van der Waals surface area (Å²) in [6.45, 7) is 30.8. The van der Waals surface area contributed by atoms with Crippen molar-refractivity contribution in [1.29, 1.82) is 0 Å². The van der Waals surface area contributed by atoms with E-state index in [1.165, 1.54) is 11.1 Å². The Morgan fingerprint density at radius 1 is 0.188 bits per heavy atom. The number of nitrogens with zero attached hydrogens (tertiary/aromatic N) is 16. The monoisotopic (exact) mass is 865 g/mol. The number of aromatic nitrogens is 16. The van der Waals surface area contributed by atoms with E-state index in [0.717, 1.165) is 80.0 Å². The molecule has 0 saturated carbocycles. The molecule has 0 atom stereocenters. The Morgan fingerprint density at radius 2 is 0.438 bits per heavy atom. The summed E-state index contributed by atoms with van der Waals surface area (Å²) in [6.07, 6.45) is 17.9. The van der Waals surface area contributed by atoms with E-state index >= 15 is 0 Å². The smallest absolute Gasteiger partial charge is 0.147 e. The van der Waals surface area contributed by atoms with Crippen LogP contribution in [0.5, 0.6) is 0 Å². The van der Waals surface area contributed by atoms with Gasteiger partial charge in [-0.2, -0.15) is 20.4 Å². The SMILES string of the molecule is Cc1ccc(C)nc1.Cc1ccc(C)nc1.Cc1ccc(C)nn1.Cc1cnc(C)cn1.Cc1cnc(C)nc1.Cc1cnc(C)nc1.Cc1cnc(C)nn1.Cc1cnc(C)nn1. The third kappa shape index (κ3) is 29.8. The van der Waals surface area contributed by atoms with E-state index in [-0.39, 0.29) is 0 Å². The van der Waals surface area contributed by atoms with Gasteiger partial charge in [0.15, 0.2) is 0 Å². The second kappa shape index (κ2) is 31.5. The Balaban J connectivity index is 0.000000366. The van der Waals surface area contributed by atoms with Crippen molar-refractivity contribution < 1.29 is 0 Å². The maximum atomic E-state index is 4.08. The highest BCUT2D eigenvalue weighted by molar-refractivity contribution is 5.11. The van der Waals surface area contributed by atoms with Crippen molar-refractivity contribution in [2.75, 3.05) is 0 Å². The van der Waals surface area contributed by atoms with Gasteiger partial charge < -0.3 is 0 Å². The zero-order valence-corrected chi connectivity index (χ0v) is 40.4. The molecule has 0 N–H and O–H groups in total. The van der Waals surface area contributed by atoms with Crippen molar-refractivity contribution in [2.24, 2.45) is 0 Å². The summed E-state index contributed by atoms with van der Waals surface area (Å²) in [5.74, 6) is 3.09. The summed E-state index contributed by atoms with van der Waals surface area (Å²) in [7, 11) is 0. The molecule has 0 saturated heterocycles. The first kappa shape index (κ1) is 54.7. The van der Waals surface area contributed by atoms with Crippen LogP contribution in [0.3, 0.4) is 0 Å². The molecule has 0 aliphatic heterocycles. The third-order valence-corrected chi connectivity index (χ3v) is 7.36. The zero-order chi connectivity index (χ0) is 47.9. The van der Waals surface area contributed by atoms with Crippen LogP contribution in [0.15, 0.2) is 98.4 Å². The maximum Gasteiger partial charge on any atom is 0.147 e. The maximum absolute atomic E-state index is 4.08. The number of hydrogen-bond acceptors (Lipinski definition) is 16. The summed E-state index contributed by atoms with van der Waals surface area (Å²) in [4.78, 5) is 39.9. The lowest BCUT2D eigenvalue weighted by Gasteiger charge is -1.89. The van der Waals surface area contributed by atoms with Crippen molar-refractivity contribution >= 4 is 0 Å². The van der Waals surface area contributed by atoms with Crippen LogP contribution < -0.4 is 0 Å². The number of hydrogen-bond donors (Lipinski definition) is 0. The molecule has 0 amide bonds. The van der Waals surface area contributed by atoms with Crippen LogP contribution in [-0.4, -0.2) is 80.4 Å². The Kier molecular flexibility index (Phi) is 26.9. The highest BCUT2D eigenvalue weighted by atomic mass is 15.2. The van der Waals surface area contributed by atoms with Crippen LogP contribution in [0.25, 0.3) is 0 Å². The van der Waals surface area contributed by atoms with E-state index in [9.17, 15) is 0 Å². The van der Waals surface area contributed by atoms with Gasteiger partial charge in [-0.3, -0.25) is 19.9 Å². The van der Waals surface area contributed by atoms with Gasteiger partial charge in [-0.15, -0.1) is 10.2 Å². The van der Waals surface area contributed by atoms with Gasteiger partial charge in [0, 0.05) is 61.0 Å². The van der Waals surface area contributed by atoms with E-state index in [4.69, 9.17) is 0 Å². The fourth-order valence-electron chi connectivity index (χ4n) is 3.70. The van der Waals surface area contributed by atoms with Crippen molar-refractivity contribution in [3.05, 3.63) is 189 Å². The van der Waals surface area contributed by atoms with Crippen LogP contribution in [0.4, 0.5) is 0 Å². The molecule has 0 aliphatic rings. The lowest BCUT2D eigenvalue weighted by molar-refractivity contribution is 0.874. The fraction of sp³-hybridized carbons (Fsp3) is 0.333. The summed E-state index contributed by atoms with van der Waals surface area (Å²) in [5.41, 5.74) is 12.4. The van der Waals surface area contributed by atoms with Gasteiger partial charge in [0.25, 0.3) is 0 Å². The molecule has 0 unspecified atom stereocenters. The lowest BCUT2D eigenvalue weighted by atomic mass is 10.3. The molecule has 0 bridgehead atoms. The van der Waals surface area contributed by atoms with Gasteiger partial charge >= 0.3 is 0 Å². The van der Waals surface area contributed by atoms with E-state index in [1.807, 2.05) is 172 Å². The van der Waals surface area contributed by atoms with Gasteiger partial charge in [-0.05, 0) is 157 Å². The van der Waals surface area contributed by atoms with Gasteiger partial charge in [-0.1, -0.05) is 12.1 Å². The van der Waals surface area contributed by atoms with Crippen LogP contribution in [0, 0.1) is 111 Å². The second-order valence-electron chi connectivity index (χ2n) is 14.5. The topological polar surface area (TPSA) is 206 Å². The van der Waals surface area contributed by atoms with E-state index in [2.05, 4.69) is 92.6 Å². The second-order valence-corrected chi connectivity index (χ2v) is 14.5. The van der Waals surface area contributed by atoms with Crippen LogP contribution in [-0.2, 0) is 0 Å². The molecular formula is C48H64N16. The average molecular weight is 865 g/mol. The Morgan fingerprint density at radius 3 is 0.641 bits per heavy atom. The Labute approximate surface area is 379 Å². The van der Waals surface area contributed by atoms with E-state index < -0.39 is 0 Å². The Bertz CT molecular complexity index is 1690. The van der Waals surface area contributed by atoms with Gasteiger partial charge in [0.2, 0.25) is 0 Å². The molecule has 8 aromatic heterocycles. The summed E-state index contributed by atoms with van der Waals surface area (Å²) >= 11 is 0. The third-order valence-electron chi connectivity index (χ3n) is 7.36. The molecule has 8 aromatic rings. The highest BCUT2D eigenvalue weighted by Gasteiger charge is 1.88. The fourth-order valence-corrected chi connectivity index (χ4v) is 3.70. The minimum absolute atomic E-state index is 0.718. The zero-order valence-electron chi connectivity index (χ0n) is 40.4.